The van der Waals surface area contributed by atoms with Gasteiger partial charge in [-0.1, -0.05) is 13.8 Å². The minimum Gasteiger partial charge on any atom is -0.405 e. The van der Waals surface area contributed by atoms with Crippen molar-refractivity contribution in [3.63, 3.8) is 0 Å². The molecule has 0 rings (SSSR count). The first-order valence-corrected chi connectivity index (χ1v) is 3.49. The Morgan fingerprint density at radius 1 is 1.50 bits per heavy atom. The molecule has 0 unspecified atom stereocenters. The van der Waals surface area contributed by atoms with Gasteiger partial charge in [-0.3, -0.25) is 0 Å². The monoisotopic (exact) mass is 140 g/mol. The summed E-state index contributed by atoms with van der Waals surface area (Å²) in [5.41, 5.74) is 11.6. The van der Waals surface area contributed by atoms with Crippen LogP contribution < -0.4 is 11.5 Å². The Labute approximate surface area is 62.6 Å². The van der Waals surface area contributed by atoms with Crippen molar-refractivity contribution in [2.45, 2.75) is 20.3 Å². The Bertz CT molecular complexity index is 134. The molecule has 0 radical (unpaired) electrons. The third-order valence-corrected chi connectivity index (χ3v) is 1.07. The maximum absolute atomic E-state index is 5.62. The third-order valence-electron chi connectivity index (χ3n) is 1.07. The van der Waals surface area contributed by atoms with Gasteiger partial charge in [-0.25, -0.2) is 0 Å². The second-order valence-electron chi connectivity index (χ2n) is 2.72. The summed E-state index contributed by atoms with van der Waals surface area (Å²) in [6.45, 7) is 4.26. The molecule has 0 bridgehead atoms. The molecule has 0 aliphatic rings. The highest BCUT2D eigenvalue weighted by atomic mass is 14.6. The highest BCUT2D eigenvalue weighted by Crippen LogP contribution is 2.04. The molecule has 0 saturated carbocycles. The van der Waals surface area contributed by atoms with E-state index in [-0.39, 0.29) is 0 Å². The van der Waals surface area contributed by atoms with Gasteiger partial charge in [0.25, 0.3) is 0 Å². The molecule has 2 heteroatoms. The normalized spacial score (nSPS) is 13.3. The fourth-order valence-corrected chi connectivity index (χ4v) is 0.719. The van der Waals surface area contributed by atoms with Crippen LogP contribution in [0.5, 0.6) is 0 Å². The van der Waals surface area contributed by atoms with Crippen molar-refractivity contribution in [3.8, 4) is 0 Å². The molecule has 0 amide bonds. The lowest BCUT2D eigenvalue weighted by Crippen LogP contribution is -2.00. The molecule has 0 atom stereocenters. The molecule has 0 aromatic heterocycles. The van der Waals surface area contributed by atoms with E-state index in [4.69, 9.17) is 11.5 Å². The first kappa shape index (κ1) is 9.08. The Morgan fingerprint density at radius 2 is 2.10 bits per heavy atom. The lowest BCUT2D eigenvalue weighted by molar-refractivity contribution is 0.638. The van der Waals surface area contributed by atoms with Gasteiger partial charge in [0.1, 0.15) is 0 Å². The second-order valence-corrected chi connectivity index (χ2v) is 2.72. The minimum absolute atomic E-state index is 0.613. The summed E-state index contributed by atoms with van der Waals surface area (Å²) in [5.74, 6) is 0.613. The smallest absolute Gasteiger partial charge is 0.00835 e. The van der Waals surface area contributed by atoms with Gasteiger partial charge in [0, 0.05) is 5.70 Å². The van der Waals surface area contributed by atoms with Crippen molar-refractivity contribution in [1.29, 1.82) is 0 Å². The Hall–Kier alpha value is -0.920. The topological polar surface area (TPSA) is 52.0 Å². The van der Waals surface area contributed by atoms with Gasteiger partial charge in [0.2, 0.25) is 0 Å². The molecule has 0 spiro atoms. The number of hydrogen-bond acceptors (Lipinski definition) is 2. The summed E-state index contributed by atoms with van der Waals surface area (Å²) in [5, 5.41) is 0. The van der Waals surface area contributed by atoms with E-state index in [1.54, 1.807) is 6.08 Å². The summed E-state index contributed by atoms with van der Waals surface area (Å²) in [6.07, 6.45) is 6.00. The highest BCUT2D eigenvalue weighted by Gasteiger charge is 1.93. The lowest BCUT2D eigenvalue weighted by Gasteiger charge is -2.02. The maximum Gasteiger partial charge on any atom is 0.00835 e. The maximum atomic E-state index is 5.62. The number of allylic oxidation sites excluding steroid dienone is 3. The molecule has 0 aliphatic heterocycles. The van der Waals surface area contributed by atoms with E-state index in [0.29, 0.717) is 5.92 Å². The van der Waals surface area contributed by atoms with Gasteiger partial charge in [0.15, 0.2) is 0 Å². The summed E-state index contributed by atoms with van der Waals surface area (Å²) >= 11 is 0. The zero-order chi connectivity index (χ0) is 7.98. The molecule has 10 heavy (non-hydrogen) atoms. The van der Waals surface area contributed by atoms with Crippen molar-refractivity contribution in [1.82, 2.24) is 0 Å². The first-order valence-electron chi connectivity index (χ1n) is 3.49. The van der Waals surface area contributed by atoms with E-state index in [2.05, 4.69) is 13.8 Å². The Kier molecular flexibility index (Phi) is 4.46. The predicted octanol–water partition coefficient (Wildman–Crippen LogP) is 1.35. The molecular weight excluding hydrogens is 124 g/mol. The number of nitrogens with two attached hydrogens (primary N) is 2. The van der Waals surface area contributed by atoms with E-state index >= 15 is 0 Å². The summed E-state index contributed by atoms with van der Waals surface area (Å²) in [4.78, 5) is 0. The van der Waals surface area contributed by atoms with Crippen LogP contribution in [0.4, 0.5) is 0 Å². The fourth-order valence-electron chi connectivity index (χ4n) is 0.719. The van der Waals surface area contributed by atoms with Gasteiger partial charge in [-0.05, 0) is 30.7 Å². The summed E-state index contributed by atoms with van der Waals surface area (Å²) in [7, 11) is 0. The van der Waals surface area contributed by atoms with Crippen molar-refractivity contribution < 1.29 is 0 Å². The molecule has 0 aliphatic carbocycles. The molecule has 0 saturated heterocycles. The van der Waals surface area contributed by atoms with Crippen LogP contribution in [0.15, 0.2) is 24.0 Å². The fraction of sp³-hybridized carbons (Fsp3) is 0.500. The Morgan fingerprint density at radius 3 is 2.50 bits per heavy atom. The van der Waals surface area contributed by atoms with Crippen molar-refractivity contribution in [2.75, 3.05) is 0 Å². The van der Waals surface area contributed by atoms with Gasteiger partial charge in [-0.2, -0.15) is 0 Å². The molecule has 4 N–H and O–H groups in total. The number of hydrogen-bond donors (Lipinski definition) is 2. The average Bonchev–Trinajstić information content (AvgIpc) is 1.82. The minimum atomic E-state index is 0.613. The van der Waals surface area contributed by atoms with Crippen LogP contribution in [0.1, 0.15) is 20.3 Å². The van der Waals surface area contributed by atoms with Gasteiger partial charge < -0.3 is 11.5 Å². The van der Waals surface area contributed by atoms with E-state index in [1.165, 1.54) is 6.20 Å². The molecule has 2 nitrogen and oxygen atoms in total. The molecule has 58 valence electrons. The van der Waals surface area contributed by atoms with Crippen LogP contribution in [-0.4, -0.2) is 0 Å². The van der Waals surface area contributed by atoms with E-state index in [9.17, 15) is 0 Å². The average molecular weight is 140 g/mol. The van der Waals surface area contributed by atoms with Gasteiger partial charge in [0.05, 0.1) is 0 Å². The third kappa shape index (κ3) is 5.22. The highest BCUT2D eigenvalue weighted by molar-refractivity contribution is 5.08. The summed E-state index contributed by atoms with van der Waals surface area (Å²) < 4.78 is 0. The van der Waals surface area contributed by atoms with Gasteiger partial charge in [-0.15, -0.1) is 0 Å². The van der Waals surface area contributed by atoms with Crippen LogP contribution in [-0.2, 0) is 0 Å². The van der Waals surface area contributed by atoms with Gasteiger partial charge >= 0.3 is 0 Å². The predicted molar refractivity (Wildman–Crippen MR) is 45.1 cm³/mol. The van der Waals surface area contributed by atoms with E-state index < -0.39 is 0 Å². The number of rotatable bonds is 3. The van der Waals surface area contributed by atoms with E-state index in [1.807, 2.05) is 6.08 Å². The van der Waals surface area contributed by atoms with Crippen molar-refractivity contribution in [3.05, 3.63) is 24.0 Å². The molecular formula is C8H16N2. The van der Waals surface area contributed by atoms with Crippen molar-refractivity contribution >= 4 is 0 Å². The van der Waals surface area contributed by atoms with Crippen LogP contribution in [0.25, 0.3) is 0 Å². The Balaban J connectivity index is 3.71. The van der Waals surface area contributed by atoms with Crippen molar-refractivity contribution in [2.24, 2.45) is 17.4 Å². The summed E-state index contributed by atoms with van der Waals surface area (Å²) in [6, 6.07) is 0. The van der Waals surface area contributed by atoms with Crippen LogP contribution in [0, 0.1) is 5.92 Å². The first-order chi connectivity index (χ1) is 4.66. The van der Waals surface area contributed by atoms with Crippen LogP contribution in [0.3, 0.4) is 0 Å². The van der Waals surface area contributed by atoms with E-state index in [0.717, 1.165) is 12.1 Å². The SMILES string of the molecule is CC(C)C/C(N)=C/C=C\N. The zero-order valence-electron chi connectivity index (χ0n) is 6.67. The quantitative estimate of drug-likeness (QED) is 0.581. The standard InChI is InChI=1S/C8H16N2/c1-7(2)6-8(10)4-3-5-9/h3-5,7H,6,9-10H2,1-2H3/b5-3-,8-4-. The zero-order valence-corrected chi connectivity index (χ0v) is 6.67. The molecule has 0 aromatic carbocycles. The lowest BCUT2D eigenvalue weighted by atomic mass is 10.1. The largest absolute Gasteiger partial charge is 0.405 e. The molecule has 0 aromatic rings. The second kappa shape index (κ2) is 4.91. The molecule has 0 fully saturated rings. The van der Waals surface area contributed by atoms with Crippen LogP contribution >= 0.6 is 0 Å². The van der Waals surface area contributed by atoms with Crippen LogP contribution in [0.2, 0.25) is 0 Å². The molecule has 0 heterocycles.